The van der Waals surface area contributed by atoms with Gasteiger partial charge in [-0.05, 0) is 73.5 Å². The van der Waals surface area contributed by atoms with Crippen LogP contribution in [-0.4, -0.2) is 42.1 Å². The largest absolute Gasteiger partial charge is 0.334 e. The Hall–Kier alpha value is -2.28. The maximum absolute atomic E-state index is 13.3. The summed E-state index contributed by atoms with van der Waals surface area (Å²) < 4.78 is 0. The molecule has 0 saturated carbocycles. The van der Waals surface area contributed by atoms with Gasteiger partial charge in [-0.15, -0.1) is 0 Å². The van der Waals surface area contributed by atoms with Crippen LogP contribution in [-0.2, 0) is 12.0 Å². The third kappa shape index (κ3) is 5.92. The number of amides is 2. The van der Waals surface area contributed by atoms with E-state index < -0.39 is 0 Å². The Morgan fingerprint density at radius 1 is 1.00 bits per heavy atom. The molecule has 5 nitrogen and oxygen atoms in total. The van der Waals surface area contributed by atoms with Crippen molar-refractivity contribution < 1.29 is 4.79 Å². The van der Waals surface area contributed by atoms with E-state index in [0.29, 0.717) is 28.3 Å². The number of anilines is 1. The average molecular weight is 576 g/mol. The maximum atomic E-state index is 13.3. The van der Waals surface area contributed by atoms with Crippen LogP contribution in [0.4, 0.5) is 10.5 Å². The number of nitrogens with one attached hydrogen (secondary N) is 1. The summed E-state index contributed by atoms with van der Waals surface area (Å²) in [6.07, 6.45) is 7.73. The molecule has 2 amide bonds. The first-order chi connectivity index (χ1) is 17.8. The first-order valence-electron chi connectivity index (χ1n) is 12.1. The summed E-state index contributed by atoms with van der Waals surface area (Å²) in [7, 11) is 0. The summed E-state index contributed by atoms with van der Waals surface area (Å²) in [6, 6.07) is 14.8. The molecule has 37 heavy (non-hydrogen) atoms. The van der Waals surface area contributed by atoms with Crippen LogP contribution in [0.5, 0.6) is 0 Å². The zero-order valence-corrected chi connectivity index (χ0v) is 23.1. The van der Waals surface area contributed by atoms with Crippen LogP contribution in [0.2, 0.25) is 20.2 Å². The van der Waals surface area contributed by atoms with Crippen molar-refractivity contribution in [2.45, 2.75) is 24.8 Å². The van der Waals surface area contributed by atoms with E-state index in [-0.39, 0.29) is 11.4 Å². The summed E-state index contributed by atoms with van der Waals surface area (Å²) in [6.45, 7) is 3.60. The summed E-state index contributed by atoms with van der Waals surface area (Å²) in [4.78, 5) is 21.5. The van der Waals surface area contributed by atoms with Crippen molar-refractivity contribution in [1.82, 2.24) is 15.2 Å². The number of piperidine rings is 1. The van der Waals surface area contributed by atoms with Gasteiger partial charge in [0.15, 0.2) is 0 Å². The number of carbonyl (C=O) groups is 1. The zero-order chi connectivity index (χ0) is 26.0. The number of hydrogen-bond acceptors (Lipinski definition) is 3. The lowest BCUT2D eigenvalue weighted by molar-refractivity contribution is 0.180. The molecule has 192 valence electrons. The van der Waals surface area contributed by atoms with E-state index in [4.69, 9.17) is 46.4 Å². The normalized spacial score (nSPS) is 16.9. The van der Waals surface area contributed by atoms with Crippen LogP contribution >= 0.6 is 46.4 Å². The van der Waals surface area contributed by atoms with Crippen molar-refractivity contribution in [1.29, 1.82) is 0 Å². The van der Waals surface area contributed by atoms with E-state index in [1.807, 2.05) is 36.4 Å². The monoisotopic (exact) mass is 574 g/mol. The van der Waals surface area contributed by atoms with Crippen LogP contribution in [0.15, 0.2) is 60.8 Å². The summed E-state index contributed by atoms with van der Waals surface area (Å²) in [5.41, 5.74) is 3.62. The molecule has 2 aromatic carbocycles. The van der Waals surface area contributed by atoms with Crippen LogP contribution in [0.25, 0.3) is 6.08 Å². The van der Waals surface area contributed by atoms with Crippen molar-refractivity contribution in [3.63, 3.8) is 0 Å². The number of urea groups is 1. The van der Waals surface area contributed by atoms with Gasteiger partial charge in [0.05, 0.1) is 5.69 Å². The van der Waals surface area contributed by atoms with Gasteiger partial charge in [0, 0.05) is 51.9 Å². The molecule has 1 fully saturated rings. The van der Waals surface area contributed by atoms with Crippen LogP contribution in [0.3, 0.4) is 0 Å². The summed E-state index contributed by atoms with van der Waals surface area (Å²) in [5, 5.41) is 5.28. The van der Waals surface area contributed by atoms with E-state index in [0.717, 1.165) is 59.9 Å². The van der Waals surface area contributed by atoms with E-state index in [1.54, 1.807) is 23.2 Å². The molecule has 1 aromatic heterocycles. The highest BCUT2D eigenvalue weighted by Crippen LogP contribution is 2.51. The number of likely N-dealkylation sites (tertiary alicyclic amines) is 1. The quantitative estimate of drug-likeness (QED) is 0.321. The number of fused-ring (bicyclic) bond motifs is 2. The highest BCUT2D eigenvalue weighted by molar-refractivity contribution is 6.36. The molecule has 5 rings (SSSR count). The lowest BCUT2D eigenvalue weighted by atomic mass is 9.74. The Bertz CT molecular complexity index is 1320. The molecule has 0 unspecified atom stereocenters. The number of nitrogens with zero attached hydrogens (tertiary/aromatic N) is 3. The summed E-state index contributed by atoms with van der Waals surface area (Å²) >= 11 is 25.1. The van der Waals surface area contributed by atoms with E-state index in [2.05, 4.69) is 27.4 Å². The van der Waals surface area contributed by atoms with Gasteiger partial charge in [0.25, 0.3) is 0 Å². The second-order valence-corrected chi connectivity index (χ2v) is 11.2. The molecule has 0 aliphatic carbocycles. The molecular weight excluding hydrogens is 550 g/mol. The fourth-order valence-electron chi connectivity index (χ4n) is 5.26. The van der Waals surface area contributed by atoms with Gasteiger partial charge < -0.3 is 5.32 Å². The third-order valence-electron chi connectivity index (χ3n) is 7.15. The lowest BCUT2D eigenvalue weighted by Gasteiger charge is -2.39. The first-order valence-corrected chi connectivity index (χ1v) is 13.6. The number of pyridine rings is 1. The first kappa shape index (κ1) is 26.3. The van der Waals surface area contributed by atoms with Crippen molar-refractivity contribution in [3.05, 3.63) is 97.7 Å². The average Bonchev–Trinajstić information content (AvgIpc) is 3.19. The number of aromatic nitrogens is 1. The Labute approximate surface area is 237 Å². The Morgan fingerprint density at radius 2 is 1.76 bits per heavy atom. The minimum atomic E-state index is -0.204. The smallest absolute Gasteiger partial charge is 0.322 e. The fraction of sp³-hybridized carbons (Fsp3) is 0.286. The second-order valence-electron chi connectivity index (χ2n) is 9.55. The highest BCUT2D eigenvalue weighted by Gasteiger charge is 2.47. The molecule has 2 aliphatic heterocycles. The van der Waals surface area contributed by atoms with Gasteiger partial charge in [0.1, 0.15) is 5.15 Å². The predicted octanol–water partition coefficient (Wildman–Crippen LogP) is 7.47. The van der Waals surface area contributed by atoms with E-state index in [9.17, 15) is 4.79 Å². The maximum Gasteiger partial charge on any atom is 0.322 e. The van der Waals surface area contributed by atoms with E-state index in [1.165, 1.54) is 0 Å². The van der Waals surface area contributed by atoms with Gasteiger partial charge in [-0.2, -0.15) is 0 Å². The number of halogens is 4. The Morgan fingerprint density at radius 3 is 2.49 bits per heavy atom. The van der Waals surface area contributed by atoms with Crippen LogP contribution < -0.4 is 10.2 Å². The molecule has 1 spiro atoms. The molecule has 1 saturated heterocycles. The van der Waals surface area contributed by atoms with Crippen LogP contribution in [0.1, 0.15) is 29.5 Å². The van der Waals surface area contributed by atoms with Gasteiger partial charge in [-0.25, -0.2) is 9.78 Å². The van der Waals surface area contributed by atoms with Crippen molar-refractivity contribution in [2.24, 2.45) is 0 Å². The van der Waals surface area contributed by atoms with Gasteiger partial charge >= 0.3 is 6.03 Å². The second kappa shape index (κ2) is 11.2. The highest BCUT2D eigenvalue weighted by atomic mass is 35.5. The Kier molecular flexibility index (Phi) is 7.99. The lowest BCUT2D eigenvalue weighted by Crippen LogP contribution is -2.47. The number of benzene rings is 2. The third-order valence-corrected chi connectivity index (χ3v) is 8.13. The minimum absolute atomic E-state index is 0.183. The Balaban J connectivity index is 1.28. The van der Waals surface area contributed by atoms with Crippen molar-refractivity contribution >= 4 is 64.2 Å². The molecular formula is C28H26Cl4N4O. The number of carbonyl (C=O) groups excluding carboxylic acids is 1. The van der Waals surface area contributed by atoms with Gasteiger partial charge in [0.2, 0.25) is 0 Å². The number of hydrogen-bond donors (Lipinski definition) is 1. The zero-order valence-electron chi connectivity index (χ0n) is 20.1. The van der Waals surface area contributed by atoms with E-state index >= 15 is 0 Å². The predicted molar refractivity (Wildman–Crippen MR) is 153 cm³/mol. The molecule has 0 radical (unpaired) electrons. The summed E-state index contributed by atoms with van der Waals surface area (Å²) in [5.74, 6) is 0. The molecule has 0 bridgehead atoms. The molecule has 3 heterocycles. The van der Waals surface area contributed by atoms with Crippen LogP contribution in [0, 0.1) is 0 Å². The van der Waals surface area contributed by atoms with Crippen molar-refractivity contribution in [3.8, 4) is 0 Å². The SMILES string of the molecule is O=C(NCc1ccnc(Cl)c1)N1CC2(CCN(C/C=C/c3ccc(Cl)cc3)CC2)c2c(Cl)cc(Cl)cc21. The molecule has 2 aliphatic rings. The van der Waals surface area contributed by atoms with Gasteiger partial charge in [-0.1, -0.05) is 70.7 Å². The molecule has 3 aromatic rings. The van der Waals surface area contributed by atoms with Gasteiger partial charge in [-0.3, -0.25) is 9.80 Å². The number of rotatable bonds is 5. The molecule has 9 heteroatoms. The molecule has 1 N–H and O–H groups in total. The fourth-order valence-corrected chi connectivity index (χ4v) is 6.26. The standard InChI is InChI=1S/C28H26Cl4N4O/c29-21-5-3-19(4-6-21)2-1-11-35-12-8-28(9-13-35)18-36(24-16-22(30)15-23(31)26(24)28)27(37)34-17-20-7-10-33-25(32)14-20/h1-7,10,14-16H,8-9,11-13,17-18H2,(H,34,37)/b2-1+. The molecule has 0 atom stereocenters. The topological polar surface area (TPSA) is 48.5 Å². The minimum Gasteiger partial charge on any atom is -0.334 e. The van der Waals surface area contributed by atoms with Crippen molar-refractivity contribution in [2.75, 3.05) is 31.1 Å².